The van der Waals surface area contributed by atoms with Crippen LogP contribution in [0, 0.1) is 18.8 Å². The minimum absolute atomic E-state index is 0.00178. The van der Waals surface area contributed by atoms with E-state index in [1.165, 1.54) is 25.1 Å². The molecule has 35 heavy (non-hydrogen) atoms. The van der Waals surface area contributed by atoms with Crippen molar-refractivity contribution in [3.63, 3.8) is 0 Å². The Bertz CT molecular complexity index is 1180. The highest BCUT2D eigenvalue weighted by Crippen LogP contribution is 2.44. The predicted octanol–water partition coefficient (Wildman–Crippen LogP) is 5.85. The fraction of sp³-hybridized carbons (Fsp3) is 0.360. The van der Waals surface area contributed by atoms with Gasteiger partial charge in [-0.05, 0) is 44.9 Å². The number of carbonyl (C=O) groups is 4. The van der Waals surface area contributed by atoms with Crippen LogP contribution in [0.4, 0.5) is 0 Å². The molecule has 2 fully saturated rings. The number of benzene rings is 2. The molecule has 0 N–H and O–H groups in total. The lowest BCUT2D eigenvalue weighted by Crippen LogP contribution is -2.56. The van der Waals surface area contributed by atoms with Crippen molar-refractivity contribution in [2.24, 2.45) is 11.8 Å². The Hall–Kier alpha value is -1.74. The molecule has 10 heteroatoms. The van der Waals surface area contributed by atoms with Crippen molar-refractivity contribution in [1.29, 1.82) is 0 Å². The molecule has 1 aliphatic carbocycles. The van der Waals surface area contributed by atoms with E-state index in [4.69, 9.17) is 23.2 Å². The summed E-state index contributed by atoms with van der Waals surface area (Å²) in [5, 5.41) is 2.21. The lowest BCUT2D eigenvalue weighted by atomic mass is 9.81. The number of halogens is 4. The van der Waals surface area contributed by atoms with Crippen LogP contribution in [0.25, 0.3) is 0 Å². The molecule has 0 unspecified atom stereocenters. The van der Waals surface area contributed by atoms with Crippen LogP contribution in [-0.2, 0) is 9.59 Å². The molecule has 0 spiro atoms. The monoisotopic (exact) mass is 642 g/mol. The maximum Gasteiger partial charge on any atom is 0.275 e. The molecular formula is C25H22Br2Cl2N2O4. The summed E-state index contributed by atoms with van der Waals surface area (Å²) in [5.74, 6) is -3.30. The van der Waals surface area contributed by atoms with Crippen LogP contribution < -0.4 is 0 Å². The van der Waals surface area contributed by atoms with Crippen LogP contribution in [0.15, 0.2) is 42.5 Å². The maximum absolute atomic E-state index is 13.8. The van der Waals surface area contributed by atoms with Gasteiger partial charge in [0, 0.05) is 20.2 Å². The standard InChI is InChI=1S/C25H22Br2Cl2N2O4/c1-12-3-5-14(6-4-12)22(32)13(2)30(23(33)16-8-7-15(28)9-21(16)29)31-24(34)17-10-19(26)20(27)11-18(17)25(31)35/h3-9,13,17-20H,10-11H2,1-2H3/t13-,17+,18+,19-,20+/m0/s1. The minimum Gasteiger partial charge on any atom is -0.292 e. The number of hydrogen-bond acceptors (Lipinski definition) is 4. The molecule has 4 rings (SSSR count). The van der Waals surface area contributed by atoms with E-state index in [0.717, 1.165) is 15.6 Å². The van der Waals surface area contributed by atoms with Gasteiger partial charge < -0.3 is 0 Å². The highest BCUT2D eigenvalue weighted by atomic mass is 79.9. The van der Waals surface area contributed by atoms with Crippen molar-refractivity contribution in [2.45, 2.75) is 42.4 Å². The van der Waals surface area contributed by atoms with Crippen molar-refractivity contribution in [3.05, 3.63) is 69.2 Å². The first kappa shape index (κ1) is 26.3. The summed E-state index contributed by atoms with van der Waals surface area (Å²) in [4.78, 5) is 54.3. The van der Waals surface area contributed by atoms with Crippen LogP contribution >= 0.6 is 55.1 Å². The number of rotatable bonds is 5. The smallest absolute Gasteiger partial charge is 0.275 e. The van der Waals surface area contributed by atoms with E-state index in [0.29, 0.717) is 23.4 Å². The number of Topliss-reactive ketones (excluding diaryl/α,β-unsaturated/α-hetero) is 1. The molecule has 0 bridgehead atoms. The van der Waals surface area contributed by atoms with Crippen LogP contribution in [0.5, 0.6) is 0 Å². The molecule has 1 saturated carbocycles. The topological polar surface area (TPSA) is 74.8 Å². The molecule has 0 aromatic heterocycles. The lowest BCUT2D eigenvalue weighted by molar-refractivity contribution is -0.156. The van der Waals surface area contributed by atoms with Gasteiger partial charge >= 0.3 is 0 Å². The molecular weight excluding hydrogens is 623 g/mol. The number of imide groups is 1. The third-order valence-electron chi connectivity index (χ3n) is 6.56. The summed E-state index contributed by atoms with van der Waals surface area (Å²) in [7, 11) is 0. The Balaban J connectivity index is 1.77. The number of aryl methyl sites for hydroxylation is 1. The van der Waals surface area contributed by atoms with Crippen LogP contribution in [0.1, 0.15) is 46.0 Å². The quantitative estimate of drug-likeness (QED) is 0.233. The maximum atomic E-state index is 13.8. The molecule has 1 saturated heterocycles. The largest absolute Gasteiger partial charge is 0.292 e. The Morgan fingerprint density at radius 2 is 1.51 bits per heavy atom. The molecule has 1 aliphatic heterocycles. The van der Waals surface area contributed by atoms with Gasteiger partial charge in [-0.1, -0.05) is 84.9 Å². The summed E-state index contributed by atoms with van der Waals surface area (Å²) in [6.45, 7) is 3.40. The zero-order valence-corrected chi connectivity index (χ0v) is 23.6. The van der Waals surface area contributed by atoms with E-state index in [9.17, 15) is 19.2 Å². The summed E-state index contributed by atoms with van der Waals surface area (Å²) >= 11 is 19.5. The SMILES string of the molecule is Cc1ccc(C(=O)[C@H](C)N(C(=O)c2ccc(Cl)cc2Cl)N2C(=O)[C@@H]3C[C@@H](Br)[C@@H](Br)C[C@H]3C2=O)cc1. The lowest BCUT2D eigenvalue weighted by Gasteiger charge is -2.35. The number of carbonyl (C=O) groups excluding carboxylic acids is 4. The number of hydrogen-bond donors (Lipinski definition) is 0. The van der Waals surface area contributed by atoms with E-state index >= 15 is 0 Å². The number of amides is 3. The third kappa shape index (κ3) is 4.95. The van der Waals surface area contributed by atoms with Crippen molar-refractivity contribution in [2.75, 3.05) is 0 Å². The second-order valence-electron chi connectivity index (χ2n) is 8.88. The molecule has 2 aromatic carbocycles. The highest BCUT2D eigenvalue weighted by Gasteiger charge is 2.55. The number of fused-ring (bicyclic) bond motifs is 1. The fourth-order valence-corrected chi connectivity index (χ4v) is 6.31. The molecule has 6 nitrogen and oxygen atoms in total. The van der Waals surface area contributed by atoms with Gasteiger partial charge in [0.2, 0.25) is 0 Å². The first-order valence-corrected chi connectivity index (χ1v) is 13.6. The van der Waals surface area contributed by atoms with Crippen LogP contribution in [0.2, 0.25) is 10.0 Å². The molecule has 184 valence electrons. The summed E-state index contributed by atoms with van der Waals surface area (Å²) in [6, 6.07) is 10.1. The Kier molecular flexibility index (Phi) is 7.77. The van der Waals surface area contributed by atoms with Crippen LogP contribution in [-0.4, -0.2) is 49.2 Å². The molecule has 3 amide bonds. The minimum atomic E-state index is -1.15. The van der Waals surface area contributed by atoms with E-state index in [1.807, 2.05) is 6.92 Å². The van der Waals surface area contributed by atoms with E-state index in [-0.39, 0.29) is 20.2 Å². The molecule has 0 radical (unpaired) electrons. The van der Waals surface area contributed by atoms with Gasteiger partial charge in [-0.3, -0.25) is 19.2 Å². The van der Waals surface area contributed by atoms with E-state index < -0.39 is 41.4 Å². The Morgan fingerprint density at radius 3 is 2.03 bits per heavy atom. The van der Waals surface area contributed by atoms with Gasteiger partial charge in [-0.15, -0.1) is 0 Å². The number of ketones is 1. The average Bonchev–Trinajstić information content (AvgIpc) is 3.04. The van der Waals surface area contributed by atoms with Crippen molar-refractivity contribution in [1.82, 2.24) is 10.0 Å². The Labute approximate surface area is 230 Å². The van der Waals surface area contributed by atoms with E-state index in [2.05, 4.69) is 31.9 Å². The number of alkyl halides is 2. The van der Waals surface area contributed by atoms with Gasteiger partial charge in [-0.25, -0.2) is 5.01 Å². The summed E-state index contributed by atoms with van der Waals surface area (Å²) < 4.78 is 0. The molecule has 2 aliphatic rings. The highest BCUT2D eigenvalue weighted by molar-refractivity contribution is 9.12. The second-order valence-corrected chi connectivity index (χ2v) is 12.1. The first-order chi connectivity index (χ1) is 16.5. The van der Waals surface area contributed by atoms with Crippen molar-refractivity contribution < 1.29 is 19.2 Å². The van der Waals surface area contributed by atoms with Crippen LogP contribution in [0.3, 0.4) is 0 Å². The molecule has 5 atom stereocenters. The summed E-state index contributed by atoms with van der Waals surface area (Å²) in [6.07, 6.45) is 0.872. The van der Waals surface area contributed by atoms with Crippen molar-refractivity contribution in [3.8, 4) is 0 Å². The van der Waals surface area contributed by atoms with Gasteiger partial charge in [0.1, 0.15) is 6.04 Å². The zero-order chi connectivity index (χ0) is 25.6. The van der Waals surface area contributed by atoms with Gasteiger partial charge in [0.05, 0.1) is 22.4 Å². The zero-order valence-electron chi connectivity index (χ0n) is 18.9. The normalized spacial score (nSPS) is 24.8. The average molecular weight is 645 g/mol. The van der Waals surface area contributed by atoms with Gasteiger partial charge in [-0.2, -0.15) is 5.01 Å². The number of nitrogens with zero attached hydrogens (tertiary/aromatic N) is 2. The van der Waals surface area contributed by atoms with Gasteiger partial charge in [0.25, 0.3) is 17.7 Å². The number of hydrazine groups is 1. The summed E-state index contributed by atoms with van der Waals surface area (Å²) in [5.41, 5.74) is 1.37. The van der Waals surface area contributed by atoms with Crippen molar-refractivity contribution >= 4 is 78.6 Å². The Morgan fingerprint density at radius 1 is 0.971 bits per heavy atom. The third-order valence-corrected chi connectivity index (χ3v) is 9.84. The van der Waals surface area contributed by atoms with Gasteiger partial charge in [0.15, 0.2) is 5.78 Å². The molecule has 2 aromatic rings. The van der Waals surface area contributed by atoms with E-state index in [1.54, 1.807) is 24.3 Å². The fourth-order valence-electron chi connectivity index (χ4n) is 4.59. The second kappa shape index (κ2) is 10.3. The first-order valence-electron chi connectivity index (χ1n) is 11.1. The predicted molar refractivity (Wildman–Crippen MR) is 141 cm³/mol. The molecule has 1 heterocycles.